The van der Waals surface area contributed by atoms with Crippen molar-refractivity contribution in [2.24, 2.45) is 5.73 Å². The monoisotopic (exact) mass is 329 g/mol. The number of rotatable bonds is 5. The minimum absolute atomic E-state index is 0.00318. The van der Waals surface area contributed by atoms with Gasteiger partial charge < -0.3 is 16.0 Å². The van der Waals surface area contributed by atoms with E-state index in [0.717, 1.165) is 30.2 Å². The van der Waals surface area contributed by atoms with Gasteiger partial charge in [0.1, 0.15) is 0 Å². The Kier molecular flexibility index (Phi) is 5.10. The number of nitrogens with two attached hydrogens (primary N) is 1. The van der Waals surface area contributed by atoms with Crippen LogP contribution in [0.2, 0.25) is 0 Å². The third-order valence-corrected chi connectivity index (χ3v) is 4.47. The Morgan fingerprint density at radius 2 is 2.17 bits per heavy atom. The molecular formula is C17H23N5O2. The van der Waals surface area contributed by atoms with E-state index in [1.54, 1.807) is 0 Å². The molecule has 0 aliphatic carbocycles. The summed E-state index contributed by atoms with van der Waals surface area (Å²) in [6.07, 6.45) is 3.23. The van der Waals surface area contributed by atoms with Gasteiger partial charge in [-0.15, -0.1) is 0 Å². The number of amides is 2. The van der Waals surface area contributed by atoms with Gasteiger partial charge in [0.2, 0.25) is 5.91 Å². The first-order valence-electron chi connectivity index (χ1n) is 8.41. The average molecular weight is 329 g/mol. The van der Waals surface area contributed by atoms with Crippen LogP contribution >= 0.6 is 0 Å². The Hall–Kier alpha value is -2.41. The summed E-state index contributed by atoms with van der Waals surface area (Å²) in [5.74, 6) is -0.147. The summed E-state index contributed by atoms with van der Waals surface area (Å²) in [5, 5.41) is 10.8. The van der Waals surface area contributed by atoms with Crippen molar-refractivity contribution in [2.75, 3.05) is 19.6 Å². The number of carbonyl (C=O) groups excluding carboxylic acids is 2. The van der Waals surface area contributed by atoms with Gasteiger partial charge in [0.05, 0.1) is 5.52 Å². The van der Waals surface area contributed by atoms with Crippen molar-refractivity contribution in [3.8, 4) is 0 Å². The number of aromatic nitrogens is 2. The van der Waals surface area contributed by atoms with Gasteiger partial charge in [0, 0.05) is 37.5 Å². The molecule has 24 heavy (non-hydrogen) atoms. The zero-order valence-corrected chi connectivity index (χ0v) is 13.6. The maximum absolute atomic E-state index is 13.0. The molecule has 7 heteroatoms. The molecule has 2 heterocycles. The van der Waals surface area contributed by atoms with Crippen LogP contribution in [0.4, 0.5) is 0 Å². The average Bonchev–Trinajstić information content (AvgIpc) is 3.04. The lowest BCUT2D eigenvalue weighted by atomic mass is 10.0. The normalized spacial score (nSPS) is 17.9. The molecule has 3 rings (SSSR count). The van der Waals surface area contributed by atoms with Crippen LogP contribution in [-0.2, 0) is 4.79 Å². The zero-order chi connectivity index (χ0) is 16.9. The lowest BCUT2D eigenvalue weighted by molar-refractivity contribution is -0.121. The number of hydrogen-bond acceptors (Lipinski definition) is 4. The summed E-state index contributed by atoms with van der Waals surface area (Å²) in [5.41, 5.74) is 6.70. The van der Waals surface area contributed by atoms with E-state index >= 15 is 0 Å². The number of piperidine rings is 1. The Balaban J connectivity index is 1.75. The second kappa shape index (κ2) is 7.44. The van der Waals surface area contributed by atoms with Gasteiger partial charge in [-0.2, -0.15) is 5.10 Å². The van der Waals surface area contributed by atoms with Gasteiger partial charge in [0.25, 0.3) is 5.91 Å². The van der Waals surface area contributed by atoms with E-state index in [1.165, 1.54) is 0 Å². The predicted octanol–water partition coefficient (Wildman–Crippen LogP) is 1.02. The van der Waals surface area contributed by atoms with Gasteiger partial charge in [-0.05, 0) is 25.3 Å². The van der Waals surface area contributed by atoms with Crippen LogP contribution in [0.1, 0.15) is 36.2 Å². The Labute approximate surface area is 140 Å². The van der Waals surface area contributed by atoms with Gasteiger partial charge in [0.15, 0.2) is 5.69 Å². The van der Waals surface area contributed by atoms with Crippen molar-refractivity contribution in [3.05, 3.63) is 30.0 Å². The number of likely N-dealkylation sites (tertiary alicyclic amines) is 1. The standard InChI is InChI=1S/C17H23N5O2/c18-9-8-15(23)19-11-12-5-3-4-10-22(12)17(24)16-13-6-1-2-7-14(13)20-21-16/h1-2,6-7,12H,3-5,8-11,18H2,(H,19,23)(H,20,21). The van der Waals surface area contributed by atoms with Gasteiger partial charge >= 0.3 is 0 Å². The molecule has 128 valence electrons. The van der Waals surface area contributed by atoms with Crippen molar-refractivity contribution in [1.82, 2.24) is 20.4 Å². The third kappa shape index (κ3) is 3.41. The predicted molar refractivity (Wildman–Crippen MR) is 91.5 cm³/mol. The van der Waals surface area contributed by atoms with Gasteiger partial charge in [-0.25, -0.2) is 0 Å². The van der Waals surface area contributed by atoms with Crippen LogP contribution in [0.3, 0.4) is 0 Å². The lowest BCUT2D eigenvalue weighted by Gasteiger charge is -2.35. The van der Waals surface area contributed by atoms with Crippen LogP contribution in [-0.4, -0.2) is 52.6 Å². The van der Waals surface area contributed by atoms with E-state index in [-0.39, 0.29) is 17.9 Å². The van der Waals surface area contributed by atoms with Crippen LogP contribution in [0.15, 0.2) is 24.3 Å². The Morgan fingerprint density at radius 3 is 3.00 bits per heavy atom. The number of nitrogens with one attached hydrogen (secondary N) is 2. The van der Waals surface area contributed by atoms with E-state index in [2.05, 4.69) is 15.5 Å². The summed E-state index contributed by atoms with van der Waals surface area (Å²) in [6, 6.07) is 7.61. The number of aromatic amines is 1. The molecule has 0 saturated carbocycles. The maximum Gasteiger partial charge on any atom is 0.275 e. The minimum atomic E-state index is -0.0785. The highest BCUT2D eigenvalue weighted by atomic mass is 16.2. The van der Waals surface area contributed by atoms with Gasteiger partial charge in [-0.1, -0.05) is 18.2 Å². The first-order valence-corrected chi connectivity index (χ1v) is 8.41. The summed E-state index contributed by atoms with van der Waals surface area (Å²) in [7, 11) is 0. The number of para-hydroxylation sites is 1. The first kappa shape index (κ1) is 16.4. The van der Waals surface area contributed by atoms with Gasteiger partial charge in [-0.3, -0.25) is 14.7 Å². The van der Waals surface area contributed by atoms with E-state index in [4.69, 9.17) is 5.73 Å². The highest BCUT2D eigenvalue weighted by Crippen LogP contribution is 2.22. The summed E-state index contributed by atoms with van der Waals surface area (Å²) >= 11 is 0. The number of fused-ring (bicyclic) bond motifs is 1. The lowest BCUT2D eigenvalue weighted by Crippen LogP contribution is -2.49. The second-order valence-corrected chi connectivity index (χ2v) is 6.11. The number of benzene rings is 1. The number of carbonyl (C=O) groups is 2. The SMILES string of the molecule is NCCC(=O)NCC1CCCCN1C(=O)c1n[nH]c2ccccc12. The molecule has 2 aromatic rings. The van der Waals surface area contributed by atoms with Crippen LogP contribution in [0, 0.1) is 0 Å². The number of H-pyrrole nitrogens is 1. The van der Waals surface area contributed by atoms with Crippen molar-refractivity contribution in [2.45, 2.75) is 31.7 Å². The molecule has 1 unspecified atom stereocenters. The topological polar surface area (TPSA) is 104 Å². The molecule has 1 aliphatic heterocycles. The minimum Gasteiger partial charge on any atom is -0.354 e. The molecule has 2 amide bonds. The molecule has 1 aromatic heterocycles. The third-order valence-electron chi connectivity index (χ3n) is 4.47. The molecule has 1 aromatic carbocycles. The summed E-state index contributed by atoms with van der Waals surface area (Å²) < 4.78 is 0. The van der Waals surface area contributed by atoms with E-state index in [9.17, 15) is 9.59 Å². The van der Waals surface area contributed by atoms with Crippen LogP contribution < -0.4 is 11.1 Å². The summed E-state index contributed by atoms with van der Waals surface area (Å²) in [6.45, 7) is 1.49. The molecule has 4 N–H and O–H groups in total. The van der Waals surface area contributed by atoms with Crippen molar-refractivity contribution in [3.63, 3.8) is 0 Å². The van der Waals surface area contributed by atoms with Crippen molar-refractivity contribution in [1.29, 1.82) is 0 Å². The quantitative estimate of drug-likeness (QED) is 0.762. The van der Waals surface area contributed by atoms with Crippen LogP contribution in [0.5, 0.6) is 0 Å². The van der Waals surface area contributed by atoms with Crippen molar-refractivity contribution >= 4 is 22.7 Å². The maximum atomic E-state index is 13.0. The van der Waals surface area contributed by atoms with Crippen molar-refractivity contribution < 1.29 is 9.59 Å². The van der Waals surface area contributed by atoms with Crippen LogP contribution in [0.25, 0.3) is 10.9 Å². The van der Waals surface area contributed by atoms with E-state index in [0.29, 0.717) is 31.7 Å². The zero-order valence-electron chi connectivity index (χ0n) is 13.6. The smallest absolute Gasteiger partial charge is 0.275 e. The molecule has 1 fully saturated rings. The first-order chi connectivity index (χ1) is 11.7. The Bertz CT molecular complexity index is 727. The highest BCUT2D eigenvalue weighted by molar-refractivity contribution is 6.04. The van der Waals surface area contributed by atoms with E-state index < -0.39 is 0 Å². The summed E-state index contributed by atoms with van der Waals surface area (Å²) in [4.78, 5) is 26.5. The second-order valence-electron chi connectivity index (χ2n) is 6.11. The molecule has 1 aliphatic rings. The highest BCUT2D eigenvalue weighted by Gasteiger charge is 2.29. The fraction of sp³-hybridized carbons (Fsp3) is 0.471. The Morgan fingerprint density at radius 1 is 1.33 bits per heavy atom. The number of hydrogen-bond donors (Lipinski definition) is 3. The molecule has 1 atom stereocenters. The molecular weight excluding hydrogens is 306 g/mol. The fourth-order valence-corrected chi connectivity index (χ4v) is 3.19. The molecule has 0 spiro atoms. The molecule has 0 radical (unpaired) electrons. The molecule has 0 bridgehead atoms. The molecule has 1 saturated heterocycles. The number of nitrogens with zero attached hydrogens (tertiary/aromatic N) is 2. The molecule has 7 nitrogen and oxygen atoms in total. The van der Waals surface area contributed by atoms with E-state index in [1.807, 2.05) is 29.2 Å². The largest absolute Gasteiger partial charge is 0.354 e. The fourth-order valence-electron chi connectivity index (χ4n) is 3.19.